The van der Waals surface area contributed by atoms with Crippen molar-refractivity contribution < 1.29 is 18.7 Å². The SMILES string of the molecule is COCCN(CC(=O)N(CCc1ccccc1)Cc1ccco1)C(=O)Nc1ccc(C)cc1C. The number of benzene rings is 2. The third-order valence-electron chi connectivity index (χ3n) is 5.59. The highest BCUT2D eigenvalue weighted by Gasteiger charge is 2.22. The van der Waals surface area contributed by atoms with Gasteiger partial charge in [-0.3, -0.25) is 4.79 Å². The number of anilines is 1. The topological polar surface area (TPSA) is 75.0 Å². The first-order valence-corrected chi connectivity index (χ1v) is 11.4. The maximum Gasteiger partial charge on any atom is 0.322 e. The Bertz CT molecular complexity index is 1050. The van der Waals surface area contributed by atoms with E-state index in [4.69, 9.17) is 9.15 Å². The second-order valence-corrected chi connectivity index (χ2v) is 8.29. The van der Waals surface area contributed by atoms with Gasteiger partial charge < -0.3 is 24.3 Å². The van der Waals surface area contributed by atoms with Crippen LogP contribution in [0.15, 0.2) is 71.3 Å². The van der Waals surface area contributed by atoms with Gasteiger partial charge in [-0.15, -0.1) is 0 Å². The molecule has 0 bridgehead atoms. The van der Waals surface area contributed by atoms with E-state index in [-0.39, 0.29) is 18.5 Å². The lowest BCUT2D eigenvalue weighted by molar-refractivity contribution is -0.132. The molecule has 1 N–H and O–H groups in total. The Balaban J connectivity index is 1.71. The number of carbonyl (C=O) groups is 2. The molecule has 7 heteroatoms. The van der Waals surface area contributed by atoms with Gasteiger partial charge in [-0.2, -0.15) is 0 Å². The van der Waals surface area contributed by atoms with Gasteiger partial charge in [0.15, 0.2) is 0 Å². The highest BCUT2D eigenvalue weighted by Crippen LogP contribution is 2.17. The van der Waals surface area contributed by atoms with Crippen molar-refractivity contribution in [2.24, 2.45) is 0 Å². The first kappa shape index (κ1) is 25.1. The third kappa shape index (κ3) is 7.49. The summed E-state index contributed by atoms with van der Waals surface area (Å²) in [7, 11) is 1.57. The second-order valence-electron chi connectivity index (χ2n) is 8.29. The molecule has 180 valence electrons. The normalized spacial score (nSPS) is 10.7. The van der Waals surface area contributed by atoms with Gasteiger partial charge in [-0.05, 0) is 49.6 Å². The summed E-state index contributed by atoms with van der Waals surface area (Å²) < 4.78 is 10.7. The molecular weight excluding hydrogens is 430 g/mol. The van der Waals surface area contributed by atoms with E-state index in [1.165, 1.54) is 4.90 Å². The Morgan fingerprint density at radius 1 is 0.971 bits per heavy atom. The van der Waals surface area contributed by atoms with Gasteiger partial charge in [-0.25, -0.2) is 4.79 Å². The van der Waals surface area contributed by atoms with E-state index in [1.807, 2.05) is 68.4 Å². The number of furan rings is 1. The van der Waals surface area contributed by atoms with Gasteiger partial charge in [0.2, 0.25) is 5.91 Å². The minimum Gasteiger partial charge on any atom is -0.467 e. The largest absolute Gasteiger partial charge is 0.467 e. The fourth-order valence-electron chi connectivity index (χ4n) is 3.66. The van der Waals surface area contributed by atoms with Crippen molar-refractivity contribution in [2.45, 2.75) is 26.8 Å². The Labute approximate surface area is 201 Å². The lowest BCUT2D eigenvalue weighted by Gasteiger charge is -2.27. The number of ether oxygens (including phenoxy) is 1. The van der Waals surface area contributed by atoms with Crippen molar-refractivity contribution in [1.29, 1.82) is 0 Å². The van der Waals surface area contributed by atoms with Crippen LogP contribution < -0.4 is 5.32 Å². The van der Waals surface area contributed by atoms with Gasteiger partial charge in [0.05, 0.1) is 19.4 Å². The van der Waals surface area contributed by atoms with Crippen molar-refractivity contribution in [3.63, 3.8) is 0 Å². The molecule has 7 nitrogen and oxygen atoms in total. The third-order valence-corrected chi connectivity index (χ3v) is 5.59. The molecule has 3 rings (SSSR count). The van der Waals surface area contributed by atoms with E-state index in [0.29, 0.717) is 38.4 Å². The number of nitrogens with zero attached hydrogens (tertiary/aromatic N) is 2. The number of nitrogens with one attached hydrogen (secondary N) is 1. The number of urea groups is 1. The number of hydrogen-bond donors (Lipinski definition) is 1. The Hall–Kier alpha value is -3.58. The maximum absolute atomic E-state index is 13.4. The Kier molecular flexibility index (Phi) is 9.29. The molecule has 0 unspecified atom stereocenters. The van der Waals surface area contributed by atoms with Crippen LogP contribution in [-0.4, -0.2) is 55.1 Å². The first-order chi connectivity index (χ1) is 16.5. The zero-order valence-electron chi connectivity index (χ0n) is 20.1. The summed E-state index contributed by atoms with van der Waals surface area (Å²) in [6, 6.07) is 19.2. The molecule has 2 aromatic carbocycles. The van der Waals surface area contributed by atoms with Gasteiger partial charge >= 0.3 is 6.03 Å². The van der Waals surface area contributed by atoms with Gasteiger partial charge in [0.25, 0.3) is 0 Å². The fraction of sp³-hybridized carbons (Fsp3) is 0.333. The first-order valence-electron chi connectivity index (χ1n) is 11.4. The number of methoxy groups -OCH3 is 1. The molecule has 0 aliphatic heterocycles. The van der Waals surface area contributed by atoms with Gasteiger partial charge in [-0.1, -0.05) is 48.0 Å². The smallest absolute Gasteiger partial charge is 0.322 e. The van der Waals surface area contributed by atoms with E-state index in [9.17, 15) is 9.59 Å². The fourth-order valence-corrected chi connectivity index (χ4v) is 3.66. The highest BCUT2D eigenvalue weighted by molar-refractivity contribution is 5.93. The van der Waals surface area contributed by atoms with Crippen molar-refractivity contribution >= 4 is 17.6 Å². The van der Waals surface area contributed by atoms with Crippen LogP contribution in [0.25, 0.3) is 0 Å². The van der Waals surface area contributed by atoms with Crippen LogP contribution in [0.1, 0.15) is 22.5 Å². The molecule has 0 aliphatic carbocycles. The average Bonchev–Trinajstić information content (AvgIpc) is 3.35. The second kappa shape index (κ2) is 12.6. The number of rotatable bonds is 11. The summed E-state index contributed by atoms with van der Waals surface area (Å²) in [5.41, 5.74) is 3.95. The molecule has 0 saturated carbocycles. The lowest BCUT2D eigenvalue weighted by Crippen LogP contribution is -2.46. The molecule has 34 heavy (non-hydrogen) atoms. The molecule has 3 amide bonds. The standard InChI is InChI=1S/C27H33N3O4/c1-21-11-12-25(22(2)18-21)28-27(32)30(15-17-33-3)20-26(31)29(19-24-10-7-16-34-24)14-13-23-8-5-4-6-9-23/h4-12,16,18H,13-15,17,19-20H2,1-3H3,(H,28,32). The molecule has 0 spiro atoms. The summed E-state index contributed by atoms with van der Waals surface area (Å²) >= 11 is 0. The molecule has 1 aromatic heterocycles. The van der Waals surface area contributed by atoms with Crippen LogP contribution in [-0.2, 0) is 22.5 Å². The van der Waals surface area contributed by atoms with E-state index in [0.717, 1.165) is 22.4 Å². The van der Waals surface area contributed by atoms with E-state index >= 15 is 0 Å². The van der Waals surface area contributed by atoms with E-state index < -0.39 is 0 Å². The monoisotopic (exact) mass is 463 g/mol. The van der Waals surface area contributed by atoms with E-state index in [2.05, 4.69) is 5.32 Å². The van der Waals surface area contributed by atoms with Crippen LogP contribution in [0.2, 0.25) is 0 Å². The van der Waals surface area contributed by atoms with Crippen molar-refractivity contribution in [2.75, 3.05) is 38.7 Å². The minimum absolute atomic E-state index is 0.0599. The van der Waals surface area contributed by atoms with Gasteiger partial charge in [0, 0.05) is 25.9 Å². The number of carbonyl (C=O) groups excluding carboxylic acids is 2. The zero-order valence-corrected chi connectivity index (χ0v) is 20.1. The van der Waals surface area contributed by atoms with Crippen LogP contribution in [0.3, 0.4) is 0 Å². The summed E-state index contributed by atoms with van der Waals surface area (Å²) in [5, 5.41) is 2.94. The van der Waals surface area contributed by atoms with E-state index in [1.54, 1.807) is 24.3 Å². The van der Waals surface area contributed by atoms with Gasteiger partial charge in [0.1, 0.15) is 12.3 Å². The summed E-state index contributed by atoms with van der Waals surface area (Å²) in [6.07, 6.45) is 2.30. The number of hydrogen-bond acceptors (Lipinski definition) is 4. The summed E-state index contributed by atoms with van der Waals surface area (Å²) in [4.78, 5) is 29.7. The number of amides is 3. The van der Waals surface area contributed by atoms with Crippen LogP contribution in [0, 0.1) is 13.8 Å². The average molecular weight is 464 g/mol. The lowest BCUT2D eigenvalue weighted by atomic mass is 10.1. The number of aryl methyl sites for hydroxylation is 2. The molecule has 1 heterocycles. The Morgan fingerprint density at radius 2 is 1.76 bits per heavy atom. The molecule has 0 aliphatic rings. The minimum atomic E-state index is -0.335. The molecule has 0 radical (unpaired) electrons. The maximum atomic E-state index is 13.4. The van der Waals surface area contributed by atoms with Crippen molar-refractivity contribution in [3.05, 3.63) is 89.4 Å². The zero-order chi connectivity index (χ0) is 24.3. The summed E-state index contributed by atoms with van der Waals surface area (Å²) in [6.45, 7) is 5.38. The molecule has 3 aromatic rings. The molecule has 0 atom stereocenters. The summed E-state index contributed by atoms with van der Waals surface area (Å²) in [5.74, 6) is 0.545. The van der Waals surface area contributed by atoms with Crippen LogP contribution >= 0.6 is 0 Å². The predicted molar refractivity (Wildman–Crippen MR) is 133 cm³/mol. The van der Waals surface area contributed by atoms with Crippen LogP contribution in [0.4, 0.5) is 10.5 Å². The quantitative estimate of drug-likeness (QED) is 0.449. The van der Waals surface area contributed by atoms with Crippen molar-refractivity contribution in [3.8, 4) is 0 Å². The van der Waals surface area contributed by atoms with Crippen molar-refractivity contribution in [1.82, 2.24) is 9.80 Å². The molecule has 0 fully saturated rings. The highest BCUT2D eigenvalue weighted by atomic mass is 16.5. The molecular formula is C27H33N3O4. The Morgan fingerprint density at radius 3 is 2.44 bits per heavy atom. The predicted octanol–water partition coefficient (Wildman–Crippen LogP) is 4.65. The van der Waals surface area contributed by atoms with Crippen LogP contribution in [0.5, 0.6) is 0 Å². The molecule has 0 saturated heterocycles.